The molecule has 1 amide bonds. The maximum atomic E-state index is 13.4. The Morgan fingerprint density at radius 3 is 2.46 bits per heavy atom. The van der Waals surface area contributed by atoms with Gasteiger partial charge >= 0.3 is 0 Å². The number of nitrogens with zero attached hydrogens (tertiary/aromatic N) is 1. The van der Waals surface area contributed by atoms with Gasteiger partial charge in [0.2, 0.25) is 0 Å². The Bertz CT molecular complexity index is 966. The fourth-order valence-electron chi connectivity index (χ4n) is 3.09. The van der Waals surface area contributed by atoms with Crippen molar-refractivity contribution in [1.29, 1.82) is 0 Å². The number of hydrogen-bond donors (Lipinski definition) is 1. The highest BCUT2D eigenvalue weighted by Crippen LogP contribution is 2.40. The Morgan fingerprint density at radius 2 is 1.86 bits per heavy atom. The van der Waals surface area contributed by atoms with Gasteiger partial charge in [-0.25, -0.2) is 8.42 Å². The zero-order valence-electron chi connectivity index (χ0n) is 16.6. The summed E-state index contributed by atoms with van der Waals surface area (Å²) in [4.78, 5) is 12.6. The van der Waals surface area contributed by atoms with Crippen molar-refractivity contribution >= 4 is 21.6 Å². The van der Waals surface area contributed by atoms with E-state index in [1.807, 2.05) is 19.1 Å². The smallest absolute Gasteiger partial charge is 0.264 e. The van der Waals surface area contributed by atoms with Gasteiger partial charge in [-0.2, -0.15) is 0 Å². The van der Waals surface area contributed by atoms with Crippen molar-refractivity contribution in [2.75, 3.05) is 17.4 Å². The van der Waals surface area contributed by atoms with Crippen LogP contribution in [-0.2, 0) is 20.2 Å². The van der Waals surface area contributed by atoms with E-state index in [9.17, 15) is 13.2 Å². The van der Waals surface area contributed by atoms with Gasteiger partial charge in [-0.3, -0.25) is 9.10 Å². The number of sulfonamides is 1. The van der Waals surface area contributed by atoms with Crippen LogP contribution >= 0.6 is 0 Å². The standard InChI is InChI=1S/C21H26N2O4S/c1-5-22-20(24)19-14-23(28(25,26)16-9-7-6-8-10-16)17-13-15(21(2,3)4)11-12-18(17)27-19/h6-13,19H,5,14H2,1-4H3,(H,22,24)/t19-/m1/s1. The van der Waals surface area contributed by atoms with Crippen LogP contribution < -0.4 is 14.4 Å². The van der Waals surface area contributed by atoms with E-state index >= 15 is 0 Å². The van der Waals surface area contributed by atoms with E-state index in [1.54, 1.807) is 36.4 Å². The van der Waals surface area contributed by atoms with Crippen molar-refractivity contribution in [2.45, 2.75) is 44.1 Å². The van der Waals surface area contributed by atoms with E-state index in [0.29, 0.717) is 18.0 Å². The molecule has 0 unspecified atom stereocenters. The minimum Gasteiger partial charge on any atom is -0.476 e. The highest BCUT2D eigenvalue weighted by Gasteiger charge is 2.38. The number of ether oxygens (including phenoxy) is 1. The molecule has 150 valence electrons. The molecule has 28 heavy (non-hydrogen) atoms. The fraction of sp³-hybridized carbons (Fsp3) is 0.381. The van der Waals surface area contributed by atoms with Crippen molar-refractivity contribution in [1.82, 2.24) is 5.32 Å². The second-order valence-corrected chi connectivity index (χ2v) is 9.65. The summed E-state index contributed by atoms with van der Waals surface area (Å²) in [5, 5.41) is 2.71. The molecule has 1 aliphatic heterocycles. The molecule has 0 aromatic heterocycles. The van der Waals surface area contributed by atoms with Crippen LogP contribution in [0, 0.1) is 0 Å². The molecule has 0 radical (unpaired) electrons. The Labute approximate surface area is 166 Å². The summed E-state index contributed by atoms with van der Waals surface area (Å²) in [5.41, 5.74) is 1.28. The van der Waals surface area contributed by atoms with Crippen LogP contribution in [0.2, 0.25) is 0 Å². The van der Waals surface area contributed by atoms with Crippen LogP contribution in [0.5, 0.6) is 5.75 Å². The van der Waals surface area contributed by atoms with Crippen LogP contribution in [0.1, 0.15) is 33.3 Å². The number of nitrogens with one attached hydrogen (secondary N) is 1. The number of anilines is 1. The van der Waals surface area contributed by atoms with E-state index in [0.717, 1.165) is 5.56 Å². The van der Waals surface area contributed by atoms with Gasteiger partial charge in [0.25, 0.3) is 15.9 Å². The van der Waals surface area contributed by atoms with Crippen molar-refractivity contribution in [3.05, 3.63) is 54.1 Å². The van der Waals surface area contributed by atoms with Crippen molar-refractivity contribution < 1.29 is 17.9 Å². The summed E-state index contributed by atoms with van der Waals surface area (Å²) in [6.07, 6.45) is -0.911. The summed E-state index contributed by atoms with van der Waals surface area (Å²) < 4.78 is 33.9. The third kappa shape index (κ3) is 3.85. The third-order valence-electron chi connectivity index (χ3n) is 4.67. The Balaban J connectivity index is 2.12. The summed E-state index contributed by atoms with van der Waals surface area (Å²) >= 11 is 0. The van der Waals surface area contributed by atoms with Crippen LogP contribution in [0.15, 0.2) is 53.4 Å². The molecule has 0 saturated carbocycles. The Hall–Kier alpha value is -2.54. The second kappa shape index (κ2) is 7.47. The maximum Gasteiger partial charge on any atom is 0.264 e. The normalized spacial score (nSPS) is 16.9. The first kappa shape index (κ1) is 20.2. The van der Waals surface area contributed by atoms with Gasteiger partial charge in [0.15, 0.2) is 6.10 Å². The molecule has 2 aromatic carbocycles. The largest absolute Gasteiger partial charge is 0.476 e. The number of rotatable bonds is 4. The topological polar surface area (TPSA) is 75.7 Å². The van der Waals surface area contributed by atoms with Crippen LogP contribution in [0.3, 0.4) is 0 Å². The molecule has 1 aliphatic rings. The van der Waals surface area contributed by atoms with E-state index < -0.39 is 16.1 Å². The number of fused-ring (bicyclic) bond motifs is 1. The Morgan fingerprint density at radius 1 is 1.18 bits per heavy atom. The Kier molecular flexibility index (Phi) is 5.39. The lowest BCUT2D eigenvalue weighted by Crippen LogP contribution is -2.50. The molecule has 0 saturated heterocycles. The number of benzene rings is 2. The molecule has 0 bridgehead atoms. The number of hydrogen-bond acceptors (Lipinski definition) is 4. The van der Waals surface area contributed by atoms with Gasteiger partial charge in [0, 0.05) is 6.54 Å². The molecule has 6 nitrogen and oxygen atoms in total. The van der Waals surface area contributed by atoms with Gasteiger partial charge in [0.05, 0.1) is 17.1 Å². The minimum absolute atomic E-state index is 0.0797. The molecule has 0 aliphatic carbocycles. The van der Waals surface area contributed by atoms with E-state index in [2.05, 4.69) is 26.1 Å². The number of carbonyl (C=O) groups excluding carboxylic acids is 1. The molecular formula is C21H26N2O4S. The second-order valence-electron chi connectivity index (χ2n) is 7.78. The SMILES string of the molecule is CCNC(=O)[C@H]1CN(S(=O)(=O)c2ccccc2)c2cc(C(C)(C)C)ccc2O1. The first-order chi connectivity index (χ1) is 13.1. The van der Waals surface area contributed by atoms with Crippen molar-refractivity contribution in [2.24, 2.45) is 0 Å². The quantitative estimate of drug-likeness (QED) is 0.853. The predicted molar refractivity (Wildman–Crippen MR) is 109 cm³/mol. The summed E-state index contributed by atoms with van der Waals surface area (Å²) in [6, 6.07) is 13.7. The zero-order chi connectivity index (χ0) is 20.5. The maximum absolute atomic E-state index is 13.4. The lowest BCUT2D eigenvalue weighted by molar-refractivity contribution is -0.127. The molecule has 1 atom stereocenters. The summed E-state index contributed by atoms with van der Waals surface area (Å²) in [7, 11) is -3.85. The van der Waals surface area contributed by atoms with Crippen molar-refractivity contribution in [3.63, 3.8) is 0 Å². The van der Waals surface area contributed by atoms with E-state index in [4.69, 9.17) is 4.74 Å². The number of likely N-dealkylation sites (N-methyl/N-ethyl adjacent to an activating group) is 1. The lowest BCUT2D eigenvalue weighted by Gasteiger charge is -2.35. The van der Waals surface area contributed by atoms with Crippen LogP contribution in [0.4, 0.5) is 5.69 Å². The highest BCUT2D eigenvalue weighted by molar-refractivity contribution is 7.92. The summed E-state index contributed by atoms with van der Waals surface area (Å²) in [5.74, 6) is 0.0521. The van der Waals surface area contributed by atoms with Gasteiger partial charge in [-0.15, -0.1) is 0 Å². The average Bonchev–Trinajstić information content (AvgIpc) is 2.66. The minimum atomic E-state index is -3.85. The number of carbonyl (C=O) groups is 1. The number of amides is 1. The van der Waals surface area contributed by atoms with Crippen molar-refractivity contribution in [3.8, 4) is 5.75 Å². The molecule has 0 spiro atoms. The van der Waals surface area contributed by atoms with Gasteiger partial charge < -0.3 is 10.1 Å². The monoisotopic (exact) mass is 402 g/mol. The van der Waals surface area contributed by atoms with Crippen LogP contribution in [-0.4, -0.2) is 33.5 Å². The zero-order valence-corrected chi connectivity index (χ0v) is 17.4. The third-order valence-corrected chi connectivity index (χ3v) is 6.46. The predicted octanol–water partition coefficient (Wildman–Crippen LogP) is 3.08. The molecule has 1 N–H and O–H groups in total. The van der Waals surface area contributed by atoms with Crippen LogP contribution in [0.25, 0.3) is 0 Å². The van der Waals surface area contributed by atoms with Gasteiger partial charge in [-0.1, -0.05) is 45.0 Å². The molecule has 7 heteroatoms. The average molecular weight is 403 g/mol. The fourth-order valence-corrected chi connectivity index (χ4v) is 4.58. The molecule has 2 aromatic rings. The molecule has 0 fully saturated rings. The highest BCUT2D eigenvalue weighted by atomic mass is 32.2. The van der Waals surface area contributed by atoms with Gasteiger partial charge in [-0.05, 0) is 42.2 Å². The van der Waals surface area contributed by atoms with E-state index in [-0.39, 0.29) is 22.8 Å². The van der Waals surface area contributed by atoms with Gasteiger partial charge in [0.1, 0.15) is 5.75 Å². The molecule has 3 rings (SSSR count). The first-order valence-corrected chi connectivity index (χ1v) is 10.8. The summed E-state index contributed by atoms with van der Waals surface area (Å²) in [6.45, 7) is 8.36. The van der Waals surface area contributed by atoms with E-state index in [1.165, 1.54) is 4.31 Å². The lowest BCUT2D eigenvalue weighted by atomic mass is 9.86. The molecule has 1 heterocycles. The molecular weight excluding hydrogens is 376 g/mol. The first-order valence-electron chi connectivity index (χ1n) is 9.31.